The molecule has 20 heavy (non-hydrogen) atoms. The lowest BCUT2D eigenvalue weighted by Gasteiger charge is -2.31. The van der Waals surface area contributed by atoms with E-state index in [-0.39, 0.29) is 24.0 Å². The van der Waals surface area contributed by atoms with Crippen molar-refractivity contribution >= 4 is 11.9 Å². The van der Waals surface area contributed by atoms with Gasteiger partial charge in [0.25, 0.3) is 0 Å². The van der Waals surface area contributed by atoms with Crippen LogP contribution in [-0.4, -0.2) is 35.5 Å². The van der Waals surface area contributed by atoms with Crippen molar-refractivity contribution in [3.63, 3.8) is 0 Å². The number of amides is 1. The van der Waals surface area contributed by atoms with Crippen LogP contribution in [0.3, 0.4) is 0 Å². The molecule has 0 radical (unpaired) electrons. The third-order valence-corrected chi connectivity index (χ3v) is 5.19. The Morgan fingerprint density at radius 1 is 1.45 bits per heavy atom. The Balaban J connectivity index is 1.78. The van der Waals surface area contributed by atoms with Crippen LogP contribution in [0.1, 0.15) is 39.5 Å². The van der Waals surface area contributed by atoms with E-state index in [9.17, 15) is 9.59 Å². The molecule has 0 aromatic carbocycles. The molecule has 0 N–H and O–H groups in total. The molecule has 2 bridgehead atoms. The minimum Gasteiger partial charge on any atom is -0.457 e. The predicted octanol–water partition coefficient (Wildman–Crippen LogP) is 2.14. The number of esters is 1. The molecule has 1 heterocycles. The van der Waals surface area contributed by atoms with Gasteiger partial charge in [0.05, 0.1) is 6.04 Å². The van der Waals surface area contributed by atoms with Gasteiger partial charge in [0.1, 0.15) is 6.10 Å². The zero-order valence-corrected chi connectivity index (χ0v) is 12.3. The van der Waals surface area contributed by atoms with Gasteiger partial charge in [-0.1, -0.05) is 19.9 Å². The summed E-state index contributed by atoms with van der Waals surface area (Å²) in [6.45, 7) is 8.26. The molecule has 110 valence electrons. The summed E-state index contributed by atoms with van der Waals surface area (Å²) >= 11 is 0. The molecule has 0 aromatic rings. The van der Waals surface area contributed by atoms with Crippen LogP contribution in [0.2, 0.25) is 0 Å². The topological polar surface area (TPSA) is 46.6 Å². The third kappa shape index (κ3) is 1.88. The molecule has 3 fully saturated rings. The third-order valence-electron chi connectivity index (χ3n) is 5.19. The van der Waals surface area contributed by atoms with E-state index < -0.39 is 0 Å². The predicted molar refractivity (Wildman–Crippen MR) is 74.8 cm³/mol. The number of unbranched alkanes of at least 4 members (excludes halogenated alkanes) is 1. The van der Waals surface area contributed by atoms with Crippen molar-refractivity contribution in [3.8, 4) is 0 Å². The fourth-order valence-electron chi connectivity index (χ4n) is 4.31. The second-order valence-electron chi connectivity index (χ2n) is 6.53. The van der Waals surface area contributed by atoms with Crippen LogP contribution in [-0.2, 0) is 14.3 Å². The largest absolute Gasteiger partial charge is 0.457 e. The Kier molecular flexibility index (Phi) is 3.35. The van der Waals surface area contributed by atoms with Gasteiger partial charge in [-0.05, 0) is 38.0 Å². The molecule has 2 saturated carbocycles. The van der Waals surface area contributed by atoms with Gasteiger partial charge in [0.2, 0.25) is 5.91 Å². The highest BCUT2D eigenvalue weighted by molar-refractivity contribution is 5.88. The molecule has 3 rings (SSSR count). The van der Waals surface area contributed by atoms with Crippen molar-refractivity contribution in [3.05, 3.63) is 12.2 Å². The number of fused-ring (bicyclic) bond motifs is 1. The van der Waals surface area contributed by atoms with Crippen LogP contribution in [0.5, 0.6) is 0 Å². The highest BCUT2D eigenvalue weighted by atomic mass is 16.5. The number of carbonyl (C=O) groups excluding carboxylic acids is 2. The van der Waals surface area contributed by atoms with Crippen LogP contribution in [0.15, 0.2) is 12.2 Å². The molecule has 1 aliphatic heterocycles. The molecule has 1 amide bonds. The Morgan fingerprint density at radius 3 is 2.85 bits per heavy atom. The van der Waals surface area contributed by atoms with Gasteiger partial charge in [-0.15, -0.1) is 0 Å². The number of rotatable bonds is 5. The monoisotopic (exact) mass is 277 g/mol. The van der Waals surface area contributed by atoms with Crippen molar-refractivity contribution in [2.45, 2.75) is 51.7 Å². The number of ether oxygens (including phenoxy) is 1. The summed E-state index contributed by atoms with van der Waals surface area (Å²) < 4.78 is 5.66. The van der Waals surface area contributed by atoms with E-state index in [1.165, 1.54) is 0 Å². The minimum absolute atomic E-state index is 0.108. The van der Waals surface area contributed by atoms with Crippen LogP contribution in [0, 0.1) is 17.8 Å². The molecule has 5 atom stereocenters. The maximum Gasteiger partial charge on any atom is 0.333 e. The molecular weight excluding hydrogens is 254 g/mol. The van der Waals surface area contributed by atoms with Crippen molar-refractivity contribution in [2.75, 3.05) is 6.54 Å². The summed E-state index contributed by atoms with van der Waals surface area (Å²) in [6, 6.07) is 0.126. The molecule has 3 aliphatic rings. The second kappa shape index (κ2) is 4.90. The highest BCUT2D eigenvalue weighted by Gasteiger charge is 2.64. The van der Waals surface area contributed by atoms with Crippen LogP contribution < -0.4 is 0 Å². The van der Waals surface area contributed by atoms with Crippen molar-refractivity contribution < 1.29 is 14.3 Å². The van der Waals surface area contributed by atoms with Crippen molar-refractivity contribution in [1.82, 2.24) is 4.90 Å². The minimum atomic E-state index is -0.311. The van der Waals surface area contributed by atoms with E-state index >= 15 is 0 Å². The summed E-state index contributed by atoms with van der Waals surface area (Å²) in [6.07, 6.45) is 3.93. The number of hydrogen-bond acceptors (Lipinski definition) is 3. The van der Waals surface area contributed by atoms with Gasteiger partial charge in [0.15, 0.2) is 0 Å². The van der Waals surface area contributed by atoms with E-state index in [4.69, 9.17) is 4.74 Å². The van der Waals surface area contributed by atoms with E-state index in [2.05, 4.69) is 13.5 Å². The zero-order valence-electron chi connectivity index (χ0n) is 12.3. The van der Waals surface area contributed by atoms with Gasteiger partial charge >= 0.3 is 5.97 Å². The normalized spacial score (nSPS) is 37.6. The van der Waals surface area contributed by atoms with Crippen LogP contribution >= 0.6 is 0 Å². The first-order chi connectivity index (χ1) is 9.54. The average molecular weight is 277 g/mol. The number of carbonyl (C=O) groups is 2. The molecular formula is C16H23NO3. The molecule has 2 aliphatic carbocycles. The smallest absolute Gasteiger partial charge is 0.333 e. The number of hydrogen-bond donors (Lipinski definition) is 0. The van der Waals surface area contributed by atoms with Crippen LogP contribution in [0.25, 0.3) is 0 Å². The zero-order chi connectivity index (χ0) is 14.4. The van der Waals surface area contributed by atoms with Crippen LogP contribution in [0.4, 0.5) is 0 Å². The Labute approximate surface area is 120 Å². The van der Waals surface area contributed by atoms with E-state index in [0.29, 0.717) is 23.3 Å². The Hall–Kier alpha value is -1.32. The Bertz CT molecular complexity index is 459. The molecule has 5 unspecified atom stereocenters. The van der Waals surface area contributed by atoms with Gasteiger partial charge in [-0.25, -0.2) is 4.79 Å². The van der Waals surface area contributed by atoms with E-state index in [1.807, 2.05) is 4.90 Å². The summed E-state index contributed by atoms with van der Waals surface area (Å²) in [5.74, 6) is 0.960. The summed E-state index contributed by atoms with van der Waals surface area (Å²) in [4.78, 5) is 26.3. The lowest BCUT2D eigenvalue weighted by atomic mass is 9.87. The average Bonchev–Trinajstić information content (AvgIpc) is 3.01. The first-order valence-electron chi connectivity index (χ1n) is 7.71. The summed E-state index contributed by atoms with van der Waals surface area (Å²) in [5, 5.41) is 0. The summed E-state index contributed by atoms with van der Waals surface area (Å²) in [7, 11) is 0. The maximum atomic E-state index is 12.5. The number of likely N-dealkylation sites (tertiary alicyclic amines) is 1. The quantitative estimate of drug-likeness (QED) is 0.571. The van der Waals surface area contributed by atoms with E-state index in [0.717, 1.165) is 32.2 Å². The molecule has 0 spiro atoms. The molecule has 1 saturated heterocycles. The maximum absolute atomic E-state index is 12.5. The van der Waals surface area contributed by atoms with Crippen molar-refractivity contribution in [2.24, 2.45) is 17.8 Å². The SMILES string of the molecule is C=C(C)C(=O)OC1C2CC3C(=O)N(CCCC)C1C3C2. The molecule has 0 aromatic heterocycles. The first-order valence-corrected chi connectivity index (χ1v) is 7.71. The number of nitrogens with zero attached hydrogens (tertiary/aromatic N) is 1. The lowest BCUT2D eigenvalue weighted by molar-refractivity contribution is -0.150. The van der Waals surface area contributed by atoms with E-state index in [1.54, 1.807) is 6.92 Å². The van der Waals surface area contributed by atoms with Gasteiger partial charge < -0.3 is 9.64 Å². The Morgan fingerprint density at radius 2 is 2.20 bits per heavy atom. The summed E-state index contributed by atoms with van der Waals surface area (Å²) in [5.41, 5.74) is 0.439. The fourth-order valence-corrected chi connectivity index (χ4v) is 4.31. The first kappa shape index (κ1) is 13.7. The highest BCUT2D eigenvalue weighted by Crippen LogP contribution is 2.56. The van der Waals surface area contributed by atoms with Gasteiger partial charge in [-0.3, -0.25) is 4.79 Å². The second-order valence-corrected chi connectivity index (χ2v) is 6.53. The lowest BCUT2D eigenvalue weighted by Crippen LogP contribution is -2.44. The van der Waals surface area contributed by atoms with Gasteiger partial charge in [0, 0.05) is 18.0 Å². The molecule has 4 nitrogen and oxygen atoms in total. The van der Waals surface area contributed by atoms with Gasteiger partial charge in [-0.2, -0.15) is 0 Å². The van der Waals surface area contributed by atoms with Crippen molar-refractivity contribution in [1.29, 1.82) is 0 Å². The fraction of sp³-hybridized carbons (Fsp3) is 0.750. The molecule has 4 heteroatoms. The standard InChI is InChI=1S/C16H23NO3/c1-4-5-6-17-13-11-7-10(8-12(11)15(17)18)14(13)20-16(19)9(2)3/h10-14H,2,4-8H2,1,3H3.